The van der Waals surface area contributed by atoms with Gasteiger partial charge in [0, 0.05) is 19.5 Å². The fraction of sp³-hybridized carbons (Fsp3) is 0.222. The first-order valence-corrected chi connectivity index (χ1v) is 9.70. The average molecular weight is 373 g/mol. The summed E-state index contributed by atoms with van der Waals surface area (Å²) in [4.78, 5) is 26.2. The van der Waals surface area contributed by atoms with E-state index >= 15 is 0 Å². The number of para-hydroxylation sites is 1. The van der Waals surface area contributed by atoms with Crippen molar-refractivity contribution in [3.05, 3.63) is 59.7 Å². The number of primary sulfonamides is 1. The molecule has 8 heteroatoms. The highest BCUT2D eigenvalue weighted by Crippen LogP contribution is 2.25. The smallest absolute Gasteiger partial charge is 0.253 e. The zero-order valence-corrected chi connectivity index (χ0v) is 14.8. The molecule has 0 unspecified atom stereocenters. The van der Waals surface area contributed by atoms with Crippen LogP contribution in [0.15, 0.2) is 53.4 Å². The van der Waals surface area contributed by atoms with E-state index in [2.05, 4.69) is 5.32 Å². The van der Waals surface area contributed by atoms with Crippen molar-refractivity contribution in [3.8, 4) is 0 Å². The molecule has 0 spiro atoms. The van der Waals surface area contributed by atoms with E-state index in [1.165, 1.54) is 12.1 Å². The molecule has 26 heavy (non-hydrogen) atoms. The third-order valence-electron chi connectivity index (χ3n) is 4.22. The summed E-state index contributed by atoms with van der Waals surface area (Å²) in [7, 11) is -3.74. The minimum Gasteiger partial charge on any atom is -0.348 e. The summed E-state index contributed by atoms with van der Waals surface area (Å²) in [5.41, 5.74) is 1.78. The minimum absolute atomic E-state index is 0.0174. The molecule has 136 valence electrons. The Morgan fingerprint density at radius 1 is 1.12 bits per heavy atom. The molecule has 2 amide bonds. The number of nitrogens with zero attached hydrogens (tertiary/aromatic N) is 1. The van der Waals surface area contributed by atoms with Crippen LogP contribution in [0.3, 0.4) is 0 Å². The van der Waals surface area contributed by atoms with E-state index in [0.29, 0.717) is 24.2 Å². The van der Waals surface area contributed by atoms with Gasteiger partial charge in [-0.25, -0.2) is 13.6 Å². The van der Waals surface area contributed by atoms with Crippen LogP contribution in [0.2, 0.25) is 0 Å². The number of anilines is 1. The van der Waals surface area contributed by atoms with Crippen molar-refractivity contribution in [3.63, 3.8) is 0 Å². The van der Waals surface area contributed by atoms with E-state index in [4.69, 9.17) is 5.14 Å². The van der Waals surface area contributed by atoms with E-state index in [-0.39, 0.29) is 23.3 Å². The lowest BCUT2D eigenvalue weighted by Gasteiger charge is -2.19. The number of rotatable bonds is 5. The lowest BCUT2D eigenvalue weighted by molar-refractivity contribution is -0.117. The second kappa shape index (κ2) is 7.27. The molecule has 0 atom stereocenters. The number of benzene rings is 2. The topological polar surface area (TPSA) is 110 Å². The van der Waals surface area contributed by atoms with Crippen LogP contribution in [-0.2, 0) is 21.4 Å². The van der Waals surface area contributed by atoms with Gasteiger partial charge in [0.2, 0.25) is 15.9 Å². The molecule has 0 bridgehead atoms. The molecule has 2 aromatic carbocycles. The highest BCUT2D eigenvalue weighted by molar-refractivity contribution is 7.89. The number of carbonyl (C=O) groups excluding carboxylic acids is 2. The number of hydrogen-bond donors (Lipinski definition) is 2. The average Bonchev–Trinajstić information content (AvgIpc) is 3.05. The van der Waals surface area contributed by atoms with E-state index in [0.717, 1.165) is 12.0 Å². The van der Waals surface area contributed by atoms with Gasteiger partial charge in [0.15, 0.2) is 0 Å². The Labute approximate surface area is 151 Å². The molecule has 7 nitrogen and oxygen atoms in total. The molecule has 3 N–H and O–H groups in total. The number of carbonyl (C=O) groups is 2. The van der Waals surface area contributed by atoms with E-state index < -0.39 is 10.0 Å². The zero-order chi connectivity index (χ0) is 18.7. The first kappa shape index (κ1) is 18.1. The first-order valence-electron chi connectivity index (χ1n) is 8.15. The fourth-order valence-corrected chi connectivity index (χ4v) is 3.39. The normalized spacial score (nSPS) is 14.5. The van der Waals surface area contributed by atoms with Crippen molar-refractivity contribution in [2.24, 2.45) is 5.14 Å². The van der Waals surface area contributed by atoms with Gasteiger partial charge in [-0.15, -0.1) is 0 Å². The van der Waals surface area contributed by atoms with E-state index in [9.17, 15) is 18.0 Å². The van der Waals surface area contributed by atoms with Crippen LogP contribution < -0.4 is 15.4 Å². The Balaban J connectivity index is 1.72. The van der Waals surface area contributed by atoms with E-state index in [1.807, 2.05) is 0 Å². The Kier molecular flexibility index (Phi) is 5.06. The molecular weight excluding hydrogens is 354 g/mol. The molecule has 0 radical (unpaired) electrons. The van der Waals surface area contributed by atoms with Crippen molar-refractivity contribution in [1.29, 1.82) is 0 Å². The molecular formula is C18H19N3O4S. The predicted octanol–water partition coefficient (Wildman–Crippen LogP) is 1.39. The van der Waals surface area contributed by atoms with Gasteiger partial charge in [-0.2, -0.15) is 0 Å². The molecule has 0 saturated carbocycles. The van der Waals surface area contributed by atoms with Gasteiger partial charge in [0.05, 0.1) is 16.1 Å². The molecule has 1 aliphatic rings. The quantitative estimate of drug-likeness (QED) is 0.825. The largest absolute Gasteiger partial charge is 0.348 e. The van der Waals surface area contributed by atoms with Crippen LogP contribution >= 0.6 is 0 Å². The maximum atomic E-state index is 12.6. The number of hydrogen-bond acceptors (Lipinski definition) is 4. The number of sulfonamides is 1. The molecule has 3 rings (SSSR count). The molecule has 0 aromatic heterocycles. The van der Waals surface area contributed by atoms with Gasteiger partial charge in [-0.3, -0.25) is 9.59 Å². The summed E-state index contributed by atoms with van der Waals surface area (Å²) in [5.74, 6) is -0.278. The van der Waals surface area contributed by atoms with Crippen LogP contribution in [0, 0.1) is 0 Å². The Bertz CT molecular complexity index is 939. The monoisotopic (exact) mass is 373 g/mol. The van der Waals surface area contributed by atoms with Crippen LogP contribution in [0.1, 0.15) is 28.8 Å². The molecule has 1 fully saturated rings. The maximum absolute atomic E-state index is 12.6. The van der Waals surface area contributed by atoms with Crippen LogP contribution in [0.5, 0.6) is 0 Å². The molecule has 1 aliphatic heterocycles. The van der Waals surface area contributed by atoms with Crippen molar-refractivity contribution in [2.45, 2.75) is 24.3 Å². The zero-order valence-electron chi connectivity index (χ0n) is 14.0. The first-order chi connectivity index (χ1) is 12.4. The summed E-state index contributed by atoms with van der Waals surface area (Å²) in [6.07, 6.45) is 1.28. The van der Waals surface area contributed by atoms with Crippen molar-refractivity contribution in [1.82, 2.24) is 5.32 Å². The lowest BCUT2D eigenvalue weighted by Crippen LogP contribution is -2.29. The lowest BCUT2D eigenvalue weighted by atomic mass is 10.1. The highest BCUT2D eigenvalue weighted by Gasteiger charge is 2.25. The number of nitrogens with two attached hydrogens (primary N) is 1. The maximum Gasteiger partial charge on any atom is 0.253 e. The van der Waals surface area contributed by atoms with Crippen molar-refractivity contribution < 1.29 is 18.0 Å². The summed E-state index contributed by atoms with van der Waals surface area (Å²) in [6.45, 7) is 0.837. The number of amides is 2. The molecule has 0 aliphatic carbocycles. The van der Waals surface area contributed by atoms with Gasteiger partial charge in [0.25, 0.3) is 5.91 Å². The van der Waals surface area contributed by atoms with Crippen LogP contribution in [-0.4, -0.2) is 26.8 Å². The highest BCUT2D eigenvalue weighted by atomic mass is 32.2. The SMILES string of the molecule is NS(=O)(=O)c1ccc(CNC(=O)c2ccccc2N2CCCC2=O)cc1. The van der Waals surface area contributed by atoms with Crippen molar-refractivity contribution >= 4 is 27.5 Å². The Morgan fingerprint density at radius 2 is 1.81 bits per heavy atom. The van der Waals surface area contributed by atoms with Gasteiger partial charge in [0.1, 0.15) is 0 Å². The molecule has 1 saturated heterocycles. The van der Waals surface area contributed by atoms with Crippen LogP contribution in [0.4, 0.5) is 5.69 Å². The Morgan fingerprint density at radius 3 is 2.42 bits per heavy atom. The number of nitrogens with one attached hydrogen (secondary N) is 1. The summed E-state index contributed by atoms with van der Waals surface area (Å²) >= 11 is 0. The van der Waals surface area contributed by atoms with Crippen LogP contribution in [0.25, 0.3) is 0 Å². The van der Waals surface area contributed by atoms with Gasteiger partial charge >= 0.3 is 0 Å². The molecule has 2 aromatic rings. The predicted molar refractivity (Wildman–Crippen MR) is 97.0 cm³/mol. The third kappa shape index (κ3) is 3.92. The van der Waals surface area contributed by atoms with E-state index in [1.54, 1.807) is 41.3 Å². The summed E-state index contributed by atoms with van der Waals surface area (Å²) in [5, 5.41) is 7.86. The van der Waals surface area contributed by atoms with Crippen molar-refractivity contribution in [2.75, 3.05) is 11.4 Å². The Hall–Kier alpha value is -2.71. The standard InChI is InChI=1S/C18H19N3O4S/c19-26(24,25)14-9-7-13(8-10-14)12-20-18(23)15-4-1-2-5-16(15)21-11-3-6-17(21)22/h1-2,4-5,7-10H,3,6,11-12H2,(H,20,23)(H2,19,24,25). The second-order valence-corrected chi connectivity index (χ2v) is 7.60. The second-order valence-electron chi connectivity index (χ2n) is 6.04. The summed E-state index contributed by atoms with van der Waals surface area (Å²) < 4.78 is 22.5. The van der Waals surface area contributed by atoms with Gasteiger partial charge < -0.3 is 10.2 Å². The third-order valence-corrected chi connectivity index (χ3v) is 5.15. The summed E-state index contributed by atoms with van der Waals surface area (Å²) in [6, 6.07) is 13.0. The minimum atomic E-state index is -3.74. The van der Waals surface area contributed by atoms with Gasteiger partial charge in [-0.1, -0.05) is 24.3 Å². The van der Waals surface area contributed by atoms with Gasteiger partial charge in [-0.05, 0) is 36.2 Å². The molecule has 1 heterocycles. The fourth-order valence-electron chi connectivity index (χ4n) is 2.88.